The SMILES string of the molecule is Cc1ccc(C2CC(c3ccc(NS(C)(=O)=O)cc3)=NN2C(=O)C(C)(C)C)cc1. The first-order valence-electron chi connectivity index (χ1n) is 9.50. The average molecular weight is 414 g/mol. The molecule has 1 amide bonds. The summed E-state index contributed by atoms with van der Waals surface area (Å²) in [7, 11) is -3.33. The third-order valence-corrected chi connectivity index (χ3v) is 5.35. The van der Waals surface area contributed by atoms with E-state index in [0.717, 1.165) is 28.7 Å². The zero-order chi connectivity index (χ0) is 21.4. The summed E-state index contributed by atoms with van der Waals surface area (Å²) < 4.78 is 25.3. The number of nitrogens with zero attached hydrogens (tertiary/aromatic N) is 2. The van der Waals surface area contributed by atoms with Gasteiger partial charge in [-0.25, -0.2) is 13.4 Å². The van der Waals surface area contributed by atoms with Gasteiger partial charge in [0.2, 0.25) is 15.9 Å². The fourth-order valence-electron chi connectivity index (χ4n) is 3.21. The molecular weight excluding hydrogens is 386 g/mol. The van der Waals surface area contributed by atoms with Gasteiger partial charge >= 0.3 is 0 Å². The fourth-order valence-corrected chi connectivity index (χ4v) is 3.77. The molecular formula is C22H27N3O3S. The maximum Gasteiger partial charge on any atom is 0.248 e. The van der Waals surface area contributed by atoms with E-state index < -0.39 is 15.4 Å². The number of sulfonamides is 1. The van der Waals surface area contributed by atoms with Crippen LogP contribution in [0.2, 0.25) is 0 Å². The summed E-state index contributed by atoms with van der Waals surface area (Å²) in [5.74, 6) is -0.0339. The Kier molecular flexibility index (Phi) is 5.54. The van der Waals surface area contributed by atoms with E-state index in [2.05, 4.69) is 9.82 Å². The molecule has 7 heteroatoms. The zero-order valence-electron chi connectivity index (χ0n) is 17.4. The van der Waals surface area contributed by atoms with Crippen molar-refractivity contribution < 1.29 is 13.2 Å². The molecule has 1 N–H and O–H groups in total. The molecule has 29 heavy (non-hydrogen) atoms. The predicted octanol–water partition coefficient (Wildman–Crippen LogP) is 4.09. The maximum atomic E-state index is 13.0. The molecule has 0 aromatic heterocycles. The molecule has 0 aliphatic carbocycles. The number of rotatable bonds is 4. The minimum Gasteiger partial charge on any atom is -0.284 e. The van der Waals surface area contributed by atoms with Gasteiger partial charge in [-0.1, -0.05) is 62.7 Å². The van der Waals surface area contributed by atoms with Crippen LogP contribution in [0.5, 0.6) is 0 Å². The van der Waals surface area contributed by atoms with Crippen LogP contribution in [0.25, 0.3) is 0 Å². The van der Waals surface area contributed by atoms with Gasteiger partial charge in [0, 0.05) is 17.5 Å². The molecule has 2 aromatic carbocycles. The summed E-state index contributed by atoms with van der Waals surface area (Å²) in [4.78, 5) is 13.0. The van der Waals surface area contributed by atoms with Crippen molar-refractivity contribution in [2.75, 3.05) is 11.0 Å². The molecule has 0 spiro atoms. The van der Waals surface area contributed by atoms with Crippen molar-refractivity contribution in [1.82, 2.24) is 5.01 Å². The first-order valence-corrected chi connectivity index (χ1v) is 11.4. The van der Waals surface area contributed by atoms with Crippen LogP contribution in [0.4, 0.5) is 5.69 Å². The van der Waals surface area contributed by atoms with Gasteiger partial charge in [0.25, 0.3) is 0 Å². The Hall–Kier alpha value is -2.67. The minimum atomic E-state index is -3.33. The molecule has 1 unspecified atom stereocenters. The van der Waals surface area contributed by atoms with Crippen LogP contribution in [0, 0.1) is 12.3 Å². The first kappa shape index (κ1) is 21.0. The molecule has 154 valence electrons. The van der Waals surface area contributed by atoms with Gasteiger partial charge in [-0.3, -0.25) is 9.52 Å². The van der Waals surface area contributed by atoms with Crippen LogP contribution in [-0.2, 0) is 14.8 Å². The summed E-state index contributed by atoms with van der Waals surface area (Å²) >= 11 is 0. The Morgan fingerprint density at radius 2 is 1.66 bits per heavy atom. The molecule has 2 aromatic rings. The van der Waals surface area contributed by atoms with E-state index in [1.165, 1.54) is 0 Å². The number of hydrazone groups is 1. The lowest BCUT2D eigenvalue weighted by Gasteiger charge is -2.28. The highest BCUT2D eigenvalue weighted by atomic mass is 32.2. The van der Waals surface area contributed by atoms with E-state index in [1.54, 1.807) is 17.1 Å². The highest BCUT2D eigenvalue weighted by Gasteiger charge is 2.37. The van der Waals surface area contributed by atoms with Crippen LogP contribution < -0.4 is 4.72 Å². The van der Waals surface area contributed by atoms with E-state index >= 15 is 0 Å². The molecule has 1 aliphatic rings. The van der Waals surface area contributed by atoms with Crippen molar-refractivity contribution in [2.45, 2.75) is 40.2 Å². The predicted molar refractivity (Wildman–Crippen MR) is 116 cm³/mol. The second-order valence-corrected chi connectivity index (χ2v) is 10.3. The van der Waals surface area contributed by atoms with Crippen LogP contribution in [0.15, 0.2) is 53.6 Å². The van der Waals surface area contributed by atoms with E-state index in [1.807, 2.05) is 64.1 Å². The van der Waals surface area contributed by atoms with E-state index in [0.29, 0.717) is 12.1 Å². The Balaban J connectivity index is 1.93. The van der Waals surface area contributed by atoms with Gasteiger partial charge in [0.15, 0.2) is 0 Å². The highest BCUT2D eigenvalue weighted by Crippen LogP contribution is 2.36. The third-order valence-electron chi connectivity index (χ3n) is 4.74. The Labute approximate surface area is 172 Å². The second kappa shape index (κ2) is 7.63. The summed E-state index contributed by atoms with van der Waals surface area (Å²) in [5, 5.41) is 6.27. The lowest BCUT2D eigenvalue weighted by Crippen LogP contribution is -2.36. The van der Waals surface area contributed by atoms with E-state index in [9.17, 15) is 13.2 Å². The molecule has 3 rings (SSSR count). The van der Waals surface area contributed by atoms with Gasteiger partial charge in [0.05, 0.1) is 18.0 Å². The van der Waals surface area contributed by atoms with Gasteiger partial charge < -0.3 is 0 Å². The van der Waals surface area contributed by atoms with Crippen LogP contribution in [0.1, 0.15) is 49.9 Å². The molecule has 0 fully saturated rings. The fraction of sp³-hybridized carbons (Fsp3) is 0.364. The Bertz CT molecular complexity index is 1030. The molecule has 0 saturated heterocycles. The van der Waals surface area contributed by atoms with Gasteiger partial charge in [-0.2, -0.15) is 5.10 Å². The molecule has 1 aliphatic heterocycles. The van der Waals surface area contributed by atoms with E-state index in [-0.39, 0.29) is 11.9 Å². The highest BCUT2D eigenvalue weighted by molar-refractivity contribution is 7.92. The van der Waals surface area contributed by atoms with Crippen LogP contribution in [0.3, 0.4) is 0 Å². The largest absolute Gasteiger partial charge is 0.284 e. The van der Waals surface area contributed by atoms with Crippen molar-refractivity contribution >= 4 is 27.3 Å². The molecule has 0 bridgehead atoms. The lowest BCUT2D eigenvalue weighted by atomic mass is 9.92. The van der Waals surface area contributed by atoms with Crippen molar-refractivity contribution in [1.29, 1.82) is 0 Å². The molecule has 1 heterocycles. The molecule has 6 nitrogen and oxygen atoms in total. The number of anilines is 1. The van der Waals surface area contributed by atoms with Gasteiger partial charge in [0.1, 0.15) is 0 Å². The number of benzene rings is 2. The second-order valence-electron chi connectivity index (χ2n) is 8.53. The standard InChI is InChI=1S/C22H27N3O3S/c1-15-6-8-17(9-7-15)20-14-19(23-25(20)21(26)22(2,3)4)16-10-12-18(13-11-16)24-29(5,27)28/h6-13,20,24H,14H2,1-5H3. The summed E-state index contributed by atoms with van der Waals surface area (Å²) in [6, 6.07) is 15.1. The minimum absolute atomic E-state index is 0.0339. The number of carbonyl (C=O) groups excluding carboxylic acids is 1. The van der Waals surface area contributed by atoms with Crippen molar-refractivity contribution in [3.8, 4) is 0 Å². The Morgan fingerprint density at radius 3 is 2.17 bits per heavy atom. The number of hydrogen-bond donors (Lipinski definition) is 1. The van der Waals surface area contributed by atoms with Gasteiger partial charge in [-0.15, -0.1) is 0 Å². The maximum absolute atomic E-state index is 13.0. The number of amides is 1. The van der Waals surface area contributed by atoms with E-state index in [4.69, 9.17) is 0 Å². The average Bonchev–Trinajstić information content (AvgIpc) is 3.05. The normalized spacial score (nSPS) is 17.2. The number of hydrogen-bond acceptors (Lipinski definition) is 4. The Morgan fingerprint density at radius 1 is 1.07 bits per heavy atom. The third kappa shape index (κ3) is 5.03. The van der Waals surface area contributed by atoms with Crippen LogP contribution >= 0.6 is 0 Å². The monoisotopic (exact) mass is 413 g/mol. The quantitative estimate of drug-likeness (QED) is 0.820. The van der Waals surface area contributed by atoms with Crippen molar-refractivity contribution in [3.63, 3.8) is 0 Å². The van der Waals surface area contributed by atoms with Crippen molar-refractivity contribution in [2.24, 2.45) is 10.5 Å². The lowest BCUT2D eigenvalue weighted by molar-refractivity contribution is -0.141. The number of carbonyl (C=O) groups is 1. The molecule has 0 saturated carbocycles. The summed E-state index contributed by atoms with van der Waals surface area (Å²) in [5.41, 5.74) is 3.82. The number of aryl methyl sites for hydroxylation is 1. The van der Waals surface area contributed by atoms with Crippen molar-refractivity contribution in [3.05, 3.63) is 65.2 Å². The first-order chi connectivity index (χ1) is 13.4. The molecule has 1 atom stereocenters. The zero-order valence-corrected chi connectivity index (χ0v) is 18.2. The van der Waals surface area contributed by atoms with Gasteiger partial charge in [-0.05, 0) is 30.2 Å². The smallest absolute Gasteiger partial charge is 0.248 e. The number of nitrogens with one attached hydrogen (secondary N) is 1. The van der Waals surface area contributed by atoms with Crippen LogP contribution in [-0.4, -0.2) is 31.3 Å². The summed E-state index contributed by atoms with van der Waals surface area (Å²) in [6.07, 6.45) is 1.72. The molecule has 0 radical (unpaired) electrons. The topological polar surface area (TPSA) is 78.8 Å². The summed E-state index contributed by atoms with van der Waals surface area (Å²) in [6.45, 7) is 7.70.